The van der Waals surface area contributed by atoms with Crippen LogP contribution in [0.5, 0.6) is 11.5 Å². The Balaban J connectivity index is 1.18. The summed E-state index contributed by atoms with van der Waals surface area (Å²) in [6, 6.07) is 9.69. The van der Waals surface area contributed by atoms with Crippen molar-refractivity contribution in [2.75, 3.05) is 33.0 Å². The lowest BCUT2D eigenvalue weighted by atomic mass is 10.1. The van der Waals surface area contributed by atoms with Crippen LogP contribution < -0.4 is 9.47 Å². The van der Waals surface area contributed by atoms with Crippen LogP contribution in [0, 0.1) is 5.92 Å². The van der Waals surface area contributed by atoms with Gasteiger partial charge < -0.3 is 19.3 Å². The van der Waals surface area contributed by atoms with Gasteiger partial charge in [0.1, 0.15) is 0 Å². The van der Waals surface area contributed by atoms with Crippen LogP contribution >= 0.6 is 11.3 Å². The first-order valence-electron chi connectivity index (χ1n) is 9.22. The van der Waals surface area contributed by atoms with Gasteiger partial charge in [0.25, 0.3) is 5.91 Å². The normalized spacial score (nSPS) is 23.4. The highest BCUT2D eigenvalue weighted by molar-refractivity contribution is 7.12. The van der Waals surface area contributed by atoms with E-state index in [1.165, 1.54) is 11.3 Å². The zero-order chi connectivity index (χ0) is 18.4. The Morgan fingerprint density at radius 1 is 1.00 bits per heavy atom. The first-order chi connectivity index (χ1) is 13.2. The van der Waals surface area contributed by atoms with Crippen LogP contribution in [0.3, 0.4) is 0 Å². The van der Waals surface area contributed by atoms with Crippen LogP contribution in [0.25, 0.3) is 0 Å². The Kier molecular flexibility index (Phi) is 4.04. The fourth-order valence-electron chi connectivity index (χ4n) is 3.90. The van der Waals surface area contributed by atoms with E-state index < -0.39 is 0 Å². The fraction of sp³-hybridized carbons (Fsp3) is 0.400. The van der Waals surface area contributed by atoms with Crippen molar-refractivity contribution in [3.8, 4) is 11.5 Å². The molecule has 2 aromatic rings. The number of carbonyl (C=O) groups is 2. The average Bonchev–Trinajstić information content (AvgIpc) is 3.09. The predicted molar refractivity (Wildman–Crippen MR) is 100 cm³/mol. The largest absolute Gasteiger partial charge is 0.454 e. The number of rotatable bonds is 3. The van der Waals surface area contributed by atoms with Gasteiger partial charge in [-0.05, 0) is 41.5 Å². The number of ether oxygens (including phenoxy) is 2. The molecule has 2 amide bonds. The number of hydrogen-bond acceptors (Lipinski definition) is 5. The molecular formula is C20H20N2O4S. The Labute approximate surface area is 161 Å². The molecule has 2 aliphatic heterocycles. The van der Waals surface area contributed by atoms with E-state index in [1.807, 2.05) is 45.5 Å². The molecule has 6 nitrogen and oxygen atoms in total. The highest BCUT2D eigenvalue weighted by atomic mass is 32.1. The van der Waals surface area contributed by atoms with Crippen molar-refractivity contribution in [3.63, 3.8) is 0 Å². The molecular weight excluding hydrogens is 364 g/mol. The molecule has 7 heteroatoms. The van der Waals surface area contributed by atoms with E-state index in [-0.39, 0.29) is 30.4 Å². The summed E-state index contributed by atoms with van der Waals surface area (Å²) in [4.78, 5) is 29.8. The number of hydrogen-bond donors (Lipinski definition) is 0. The molecule has 1 aromatic carbocycles. The monoisotopic (exact) mass is 384 g/mol. The third kappa shape index (κ3) is 3.06. The van der Waals surface area contributed by atoms with E-state index in [0.29, 0.717) is 26.2 Å². The van der Waals surface area contributed by atoms with Crippen molar-refractivity contribution in [2.45, 2.75) is 12.3 Å². The van der Waals surface area contributed by atoms with Gasteiger partial charge in [-0.3, -0.25) is 9.59 Å². The van der Waals surface area contributed by atoms with Gasteiger partial charge in [0.2, 0.25) is 12.7 Å². The highest BCUT2D eigenvalue weighted by Crippen LogP contribution is 2.50. The zero-order valence-electron chi connectivity index (χ0n) is 14.8. The van der Waals surface area contributed by atoms with Crippen molar-refractivity contribution in [1.29, 1.82) is 0 Å². The second kappa shape index (κ2) is 6.56. The van der Waals surface area contributed by atoms with Crippen molar-refractivity contribution in [3.05, 3.63) is 46.2 Å². The summed E-state index contributed by atoms with van der Waals surface area (Å²) in [6.45, 7) is 2.69. The predicted octanol–water partition coefficient (Wildman–Crippen LogP) is 2.56. The van der Waals surface area contributed by atoms with Gasteiger partial charge in [0.05, 0.1) is 4.88 Å². The van der Waals surface area contributed by atoms with E-state index in [9.17, 15) is 9.59 Å². The topological polar surface area (TPSA) is 59.1 Å². The molecule has 140 valence electrons. The Hall–Kier alpha value is -2.54. The maximum Gasteiger partial charge on any atom is 0.264 e. The minimum absolute atomic E-state index is 0.0462. The van der Waals surface area contributed by atoms with E-state index in [0.717, 1.165) is 28.4 Å². The number of thiophene rings is 1. The standard InChI is InChI=1S/C20H20N2O4S/c23-19(15-11-14(15)13-3-4-16-17(10-13)26-12-25-16)21-5-7-22(8-6-21)20(24)18-2-1-9-27-18/h1-4,9-10,14-15H,5-8,11-12H2/t14-,15+/m1/s1. The maximum atomic E-state index is 12.9. The van der Waals surface area contributed by atoms with Crippen molar-refractivity contribution in [1.82, 2.24) is 9.80 Å². The van der Waals surface area contributed by atoms with Gasteiger partial charge in [-0.15, -0.1) is 11.3 Å². The molecule has 1 aliphatic carbocycles. The first kappa shape index (κ1) is 16.6. The summed E-state index contributed by atoms with van der Waals surface area (Å²) in [5.41, 5.74) is 1.14. The number of benzene rings is 1. The number of nitrogens with zero attached hydrogens (tertiary/aromatic N) is 2. The fourth-order valence-corrected chi connectivity index (χ4v) is 4.59. The molecule has 0 spiro atoms. The van der Waals surface area contributed by atoms with E-state index in [4.69, 9.17) is 9.47 Å². The average molecular weight is 384 g/mol. The summed E-state index contributed by atoms with van der Waals surface area (Å²) < 4.78 is 10.8. The van der Waals surface area contributed by atoms with Crippen molar-refractivity contribution >= 4 is 23.2 Å². The molecule has 27 heavy (non-hydrogen) atoms. The molecule has 0 radical (unpaired) electrons. The Morgan fingerprint density at radius 2 is 1.78 bits per heavy atom. The lowest BCUT2D eigenvalue weighted by Crippen LogP contribution is -2.51. The summed E-state index contributed by atoms with van der Waals surface area (Å²) in [5, 5.41) is 1.91. The molecule has 1 saturated carbocycles. The van der Waals surface area contributed by atoms with Crippen LogP contribution in [-0.4, -0.2) is 54.6 Å². The third-order valence-corrected chi connectivity index (χ3v) is 6.40. The minimum Gasteiger partial charge on any atom is -0.454 e. The van der Waals surface area contributed by atoms with Crippen LogP contribution in [0.1, 0.15) is 27.6 Å². The van der Waals surface area contributed by atoms with Crippen LogP contribution in [0.4, 0.5) is 0 Å². The number of carbonyl (C=O) groups excluding carboxylic acids is 2. The second-order valence-corrected chi connectivity index (χ2v) is 8.10. The zero-order valence-corrected chi connectivity index (χ0v) is 15.6. The highest BCUT2D eigenvalue weighted by Gasteiger charge is 2.46. The Morgan fingerprint density at radius 3 is 2.56 bits per heavy atom. The van der Waals surface area contributed by atoms with E-state index in [1.54, 1.807) is 0 Å². The molecule has 0 N–H and O–H groups in total. The van der Waals surface area contributed by atoms with Gasteiger partial charge in [0, 0.05) is 32.1 Å². The first-order valence-corrected chi connectivity index (χ1v) is 10.1. The van der Waals surface area contributed by atoms with Gasteiger partial charge >= 0.3 is 0 Å². The van der Waals surface area contributed by atoms with Crippen molar-refractivity contribution in [2.24, 2.45) is 5.92 Å². The van der Waals surface area contributed by atoms with Gasteiger partial charge in [-0.2, -0.15) is 0 Å². The van der Waals surface area contributed by atoms with Crippen LogP contribution in [0.2, 0.25) is 0 Å². The summed E-state index contributed by atoms with van der Waals surface area (Å²) in [6.07, 6.45) is 0.882. The summed E-state index contributed by atoms with van der Waals surface area (Å²) >= 11 is 1.46. The van der Waals surface area contributed by atoms with Crippen LogP contribution in [0.15, 0.2) is 35.7 Å². The quantitative estimate of drug-likeness (QED) is 0.816. The van der Waals surface area contributed by atoms with E-state index >= 15 is 0 Å². The summed E-state index contributed by atoms with van der Waals surface area (Å²) in [7, 11) is 0. The van der Waals surface area contributed by atoms with Gasteiger partial charge in [0.15, 0.2) is 11.5 Å². The number of fused-ring (bicyclic) bond motifs is 1. The SMILES string of the molecule is O=C(c1cccs1)N1CCN(C(=O)[C@H]2C[C@@H]2c2ccc3c(c2)OCO3)CC1. The lowest BCUT2D eigenvalue weighted by Gasteiger charge is -2.34. The van der Waals surface area contributed by atoms with Crippen LogP contribution in [-0.2, 0) is 4.79 Å². The Bertz CT molecular complexity index is 874. The number of amides is 2. The number of piperazine rings is 1. The van der Waals surface area contributed by atoms with Gasteiger partial charge in [-0.25, -0.2) is 0 Å². The molecule has 2 fully saturated rings. The second-order valence-electron chi connectivity index (χ2n) is 7.16. The lowest BCUT2D eigenvalue weighted by molar-refractivity contribution is -0.134. The molecule has 0 unspecified atom stereocenters. The molecule has 5 rings (SSSR count). The molecule has 1 aromatic heterocycles. The maximum absolute atomic E-state index is 12.9. The molecule has 0 bridgehead atoms. The molecule has 3 aliphatic rings. The minimum atomic E-state index is 0.0462. The molecule has 2 atom stereocenters. The van der Waals surface area contributed by atoms with Crippen molar-refractivity contribution < 1.29 is 19.1 Å². The molecule has 3 heterocycles. The molecule has 1 saturated heterocycles. The van der Waals surface area contributed by atoms with E-state index in [2.05, 4.69) is 0 Å². The van der Waals surface area contributed by atoms with Gasteiger partial charge in [-0.1, -0.05) is 12.1 Å². The third-order valence-electron chi connectivity index (χ3n) is 5.54. The smallest absolute Gasteiger partial charge is 0.264 e. The summed E-state index contributed by atoms with van der Waals surface area (Å²) in [5.74, 6) is 2.13.